The summed E-state index contributed by atoms with van der Waals surface area (Å²) in [5.41, 5.74) is 4.43. The molecule has 1 aromatic carbocycles. The molecular formula is C21H31N7O. The molecule has 0 spiro atoms. The SMILES string of the molecule is CCNC(=NCc1ccc(N(C)C)cc1C)N1CCN(c2cnn(C)c2)C(=O)C1. The standard InChI is InChI=1S/C21H31N7O/c1-6-22-21(23-12-17-7-8-18(25(3)4)11-16(17)2)27-9-10-28(20(29)15-27)19-13-24-26(5)14-19/h7-8,11,13-14H,6,9-10,12,15H2,1-5H3,(H,22,23). The number of carbonyl (C=O) groups excluding carboxylic acids is 1. The molecule has 1 aliphatic rings. The number of anilines is 2. The summed E-state index contributed by atoms with van der Waals surface area (Å²) >= 11 is 0. The van der Waals surface area contributed by atoms with Crippen LogP contribution >= 0.6 is 0 Å². The molecule has 8 heteroatoms. The summed E-state index contributed by atoms with van der Waals surface area (Å²) < 4.78 is 1.71. The van der Waals surface area contributed by atoms with Gasteiger partial charge in [0.1, 0.15) is 6.54 Å². The fourth-order valence-electron chi connectivity index (χ4n) is 3.40. The first-order valence-electron chi connectivity index (χ1n) is 9.98. The summed E-state index contributed by atoms with van der Waals surface area (Å²) in [6.45, 7) is 7.14. The van der Waals surface area contributed by atoms with Crippen molar-refractivity contribution in [1.29, 1.82) is 0 Å². The van der Waals surface area contributed by atoms with Crippen molar-refractivity contribution in [2.45, 2.75) is 20.4 Å². The lowest BCUT2D eigenvalue weighted by Crippen LogP contribution is -2.55. The third kappa shape index (κ3) is 4.88. The minimum atomic E-state index is 0.0568. The van der Waals surface area contributed by atoms with E-state index in [0.29, 0.717) is 19.6 Å². The summed E-state index contributed by atoms with van der Waals surface area (Å²) in [4.78, 5) is 23.4. The van der Waals surface area contributed by atoms with Crippen LogP contribution in [0.4, 0.5) is 11.4 Å². The Hall–Kier alpha value is -3.03. The average Bonchev–Trinajstić information content (AvgIpc) is 3.11. The van der Waals surface area contributed by atoms with Crippen LogP contribution in [0.3, 0.4) is 0 Å². The van der Waals surface area contributed by atoms with Gasteiger partial charge in [-0.15, -0.1) is 0 Å². The molecular weight excluding hydrogens is 366 g/mol. The van der Waals surface area contributed by atoms with Gasteiger partial charge in [-0.3, -0.25) is 9.48 Å². The van der Waals surface area contributed by atoms with E-state index in [1.165, 1.54) is 16.8 Å². The van der Waals surface area contributed by atoms with E-state index in [0.717, 1.165) is 24.7 Å². The normalized spacial score (nSPS) is 15.1. The van der Waals surface area contributed by atoms with Crippen LogP contribution < -0.4 is 15.1 Å². The van der Waals surface area contributed by atoms with Crippen molar-refractivity contribution in [3.63, 3.8) is 0 Å². The zero-order valence-electron chi connectivity index (χ0n) is 18.0. The van der Waals surface area contributed by atoms with Gasteiger partial charge in [0, 0.05) is 52.7 Å². The van der Waals surface area contributed by atoms with E-state index < -0.39 is 0 Å². The van der Waals surface area contributed by atoms with Crippen LogP contribution in [0.25, 0.3) is 0 Å². The van der Waals surface area contributed by atoms with Gasteiger partial charge in [0.15, 0.2) is 5.96 Å². The maximum Gasteiger partial charge on any atom is 0.246 e. The molecule has 0 bridgehead atoms. The van der Waals surface area contributed by atoms with Gasteiger partial charge >= 0.3 is 0 Å². The monoisotopic (exact) mass is 397 g/mol. The Morgan fingerprint density at radius 3 is 2.69 bits per heavy atom. The van der Waals surface area contributed by atoms with Crippen LogP contribution in [0.1, 0.15) is 18.1 Å². The minimum Gasteiger partial charge on any atom is -0.378 e. The molecule has 1 saturated heterocycles. The Bertz CT molecular complexity index is 887. The predicted molar refractivity (Wildman–Crippen MR) is 117 cm³/mol. The van der Waals surface area contributed by atoms with Gasteiger partial charge in [0.25, 0.3) is 0 Å². The van der Waals surface area contributed by atoms with E-state index >= 15 is 0 Å². The van der Waals surface area contributed by atoms with E-state index in [4.69, 9.17) is 4.99 Å². The van der Waals surface area contributed by atoms with Crippen LogP contribution in [0.5, 0.6) is 0 Å². The number of nitrogens with one attached hydrogen (secondary N) is 1. The molecule has 0 atom stereocenters. The minimum absolute atomic E-state index is 0.0568. The third-order valence-corrected chi connectivity index (χ3v) is 5.10. The zero-order valence-corrected chi connectivity index (χ0v) is 18.0. The van der Waals surface area contributed by atoms with Crippen molar-refractivity contribution >= 4 is 23.2 Å². The average molecular weight is 398 g/mol. The topological polar surface area (TPSA) is 69.0 Å². The fourth-order valence-corrected chi connectivity index (χ4v) is 3.40. The van der Waals surface area contributed by atoms with Crippen LogP contribution in [-0.4, -0.2) is 66.8 Å². The summed E-state index contributed by atoms with van der Waals surface area (Å²) in [6.07, 6.45) is 3.60. The molecule has 2 aromatic rings. The second-order valence-electron chi connectivity index (χ2n) is 7.51. The summed E-state index contributed by atoms with van der Waals surface area (Å²) in [5, 5.41) is 7.50. The number of nitrogens with zero attached hydrogens (tertiary/aromatic N) is 6. The van der Waals surface area contributed by atoms with Gasteiger partial charge in [-0.1, -0.05) is 6.07 Å². The van der Waals surface area contributed by atoms with Crippen LogP contribution in [-0.2, 0) is 18.4 Å². The zero-order chi connectivity index (χ0) is 21.0. The van der Waals surface area contributed by atoms with Crippen molar-refractivity contribution in [3.8, 4) is 0 Å². The smallest absolute Gasteiger partial charge is 0.246 e. The maximum atomic E-state index is 12.7. The molecule has 1 N–H and O–H groups in total. The Morgan fingerprint density at radius 2 is 2.10 bits per heavy atom. The van der Waals surface area contributed by atoms with Crippen molar-refractivity contribution in [3.05, 3.63) is 41.7 Å². The van der Waals surface area contributed by atoms with Crippen molar-refractivity contribution in [2.75, 3.05) is 50.1 Å². The Labute approximate surface area is 172 Å². The quantitative estimate of drug-likeness (QED) is 0.613. The summed E-state index contributed by atoms with van der Waals surface area (Å²) in [6, 6.07) is 6.41. The molecule has 0 saturated carbocycles. The van der Waals surface area contributed by atoms with Crippen LogP contribution in [0.2, 0.25) is 0 Å². The van der Waals surface area contributed by atoms with Gasteiger partial charge in [0.2, 0.25) is 5.91 Å². The van der Waals surface area contributed by atoms with Crippen LogP contribution in [0.15, 0.2) is 35.6 Å². The molecule has 3 rings (SSSR count). The highest BCUT2D eigenvalue weighted by molar-refractivity contribution is 5.98. The van der Waals surface area contributed by atoms with Crippen molar-refractivity contribution < 1.29 is 4.79 Å². The van der Waals surface area contributed by atoms with E-state index in [2.05, 4.69) is 40.4 Å². The molecule has 2 heterocycles. The number of aliphatic imine (C=N–C) groups is 1. The Morgan fingerprint density at radius 1 is 1.31 bits per heavy atom. The molecule has 0 aliphatic carbocycles. The number of hydrogen-bond acceptors (Lipinski definition) is 4. The van der Waals surface area contributed by atoms with Crippen LogP contribution in [0, 0.1) is 6.92 Å². The largest absolute Gasteiger partial charge is 0.378 e. The third-order valence-electron chi connectivity index (χ3n) is 5.10. The number of aryl methyl sites for hydroxylation is 2. The van der Waals surface area contributed by atoms with E-state index in [9.17, 15) is 4.79 Å². The van der Waals surface area contributed by atoms with Crippen molar-refractivity contribution in [1.82, 2.24) is 20.0 Å². The highest BCUT2D eigenvalue weighted by atomic mass is 16.2. The van der Waals surface area contributed by atoms with Gasteiger partial charge < -0.3 is 20.0 Å². The molecule has 0 unspecified atom stereocenters. The molecule has 29 heavy (non-hydrogen) atoms. The van der Waals surface area contributed by atoms with E-state index in [1.54, 1.807) is 15.8 Å². The number of aromatic nitrogens is 2. The second kappa shape index (κ2) is 8.98. The molecule has 1 aliphatic heterocycles. The lowest BCUT2D eigenvalue weighted by Gasteiger charge is -2.35. The maximum absolute atomic E-state index is 12.7. The van der Waals surface area contributed by atoms with Crippen molar-refractivity contribution in [2.24, 2.45) is 12.0 Å². The number of benzene rings is 1. The molecule has 1 amide bonds. The Balaban J connectivity index is 1.70. The first-order chi connectivity index (χ1) is 13.9. The molecule has 0 radical (unpaired) electrons. The number of rotatable bonds is 5. The lowest BCUT2D eigenvalue weighted by molar-refractivity contribution is -0.120. The number of amides is 1. The van der Waals surface area contributed by atoms with Gasteiger partial charge in [-0.05, 0) is 37.1 Å². The van der Waals surface area contributed by atoms with Gasteiger partial charge in [-0.25, -0.2) is 4.99 Å². The predicted octanol–water partition coefficient (Wildman–Crippen LogP) is 1.61. The summed E-state index contributed by atoms with van der Waals surface area (Å²) in [7, 11) is 5.93. The number of guanidine groups is 1. The fraction of sp³-hybridized carbons (Fsp3) is 0.476. The number of carbonyl (C=O) groups is 1. The number of hydrogen-bond donors (Lipinski definition) is 1. The second-order valence-corrected chi connectivity index (χ2v) is 7.51. The molecule has 1 fully saturated rings. The highest BCUT2D eigenvalue weighted by Crippen LogP contribution is 2.19. The van der Waals surface area contributed by atoms with E-state index in [-0.39, 0.29) is 5.91 Å². The highest BCUT2D eigenvalue weighted by Gasteiger charge is 2.27. The van der Waals surface area contributed by atoms with E-state index in [1.807, 2.05) is 39.2 Å². The Kier molecular flexibility index (Phi) is 6.41. The molecule has 1 aromatic heterocycles. The number of piperazine rings is 1. The first-order valence-corrected chi connectivity index (χ1v) is 9.98. The molecule has 8 nitrogen and oxygen atoms in total. The lowest BCUT2D eigenvalue weighted by atomic mass is 10.1. The first kappa shape index (κ1) is 20.7. The summed E-state index contributed by atoms with van der Waals surface area (Å²) in [5.74, 6) is 0.837. The molecule has 156 valence electrons. The van der Waals surface area contributed by atoms with Gasteiger partial charge in [0.05, 0.1) is 18.4 Å². The van der Waals surface area contributed by atoms with Gasteiger partial charge in [-0.2, -0.15) is 5.10 Å².